The first-order chi connectivity index (χ1) is 22.1. The van der Waals surface area contributed by atoms with Crippen molar-refractivity contribution in [2.75, 3.05) is 57.8 Å². The predicted octanol–water partition coefficient (Wildman–Crippen LogP) is 2.95. The molecule has 3 N–H and O–H groups in total. The molecule has 0 bridgehead atoms. The maximum absolute atomic E-state index is 13.4. The van der Waals surface area contributed by atoms with Crippen LogP contribution in [0.3, 0.4) is 0 Å². The normalized spacial score (nSPS) is 18.7. The number of rotatable bonds is 12. The van der Waals surface area contributed by atoms with Crippen molar-refractivity contribution in [3.63, 3.8) is 0 Å². The summed E-state index contributed by atoms with van der Waals surface area (Å²) < 4.78 is 13.4. The van der Waals surface area contributed by atoms with Gasteiger partial charge in [0.2, 0.25) is 11.7 Å². The van der Waals surface area contributed by atoms with E-state index in [1.54, 1.807) is 10.9 Å². The van der Waals surface area contributed by atoms with Crippen LogP contribution in [0, 0.1) is 0 Å². The number of carbonyl (C=O) groups is 2. The summed E-state index contributed by atoms with van der Waals surface area (Å²) in [5, 5.41) is 9.32. The van der Waals surface area contributed by atoms with Crippen molar-refractivity contribution in [1.29, 1.82) is 0 Å². The van der Waals surface area contributed by atoms with Crippen LogP contribution in [0.25, 0.3) is 11.2 Å². The summed E-state index contributed by atoms with van der Waals surface area (Å²) in [6.07, 6.45) is 1.86. The first-order valence-electron chi connectivity index (χ1n) is 15.7. The molecular formula is C33H40N8O4. The van der Waals surface area contributed by atoms with Crippen molar-refractivity contribution < 1.29 is 19.1 Å². The monoisotopic (exact) mass is 612 g/mol. The number of nitrogens with zero attached hydrogens (tertiary/aromatic N) is 5. The molecule has 6 rings (SSSR count). The number of nitrogens with one attached hydrogen (secondary N) is 3. The van der Waals surface area contributed by atoms with Gasteiger partial charge in [-0.25, -0.2) is 15.0 Å². The van der Waals surface area contributed by atoms with Gasteiger partial charge in [0, 0.05) is 45.2 Å². The third-order valence-electron chi connectivity index (χ3n) is 8.27. The zero-order valence-corrected chi connectivity index (χ0v) is 25.5. The largest absolute Gasteiger partial charge is 0.379 e. The molecule has 2 atom stereocenters. The quantitative estimate of drug-likeness (QED) is 0.221. The summed E-state index contributed by atoms with van der Waals surface area (Å²) in [7, 11) is 0. The van der Waals surface area contributed by atoms with E-state index in [0.717, 1.165) is 24.2 Å². The summed E-state index contributed by atoms with van der Waals surface area (Å²) in [6, 6.07) is 20.6. The van der Waals surface area contributed by atoms with Crippen LogP contribution in [0.1, 0.15) is 53.7 Å². The van der Waals surface area contributed by atoms with Crippen LogP contribution < -0.4 is 16.0 Å². The Balaban J connectivity index is 1.28. The molecule has 0 spiro atoms. The van der Waals surface area contributed by atoms with E-state index in [0.29, 0.717) is 69.2 Å². The Morgan fingerprint density at radius 2 is 1.67 bits per heavy atom. The third kappa shape index (κ3) is 7.30. The van der Waals surface area contributed by atoms with Crippen LogP contribution in [-0.2, 0) is 14.3 Å². The molecule has 2 aromatic heterocycles. The van der Waals surface area contributed by atoms with Crippen molar-refractivity contribution >= 4 is 28.8 Å². The average Bonchev–Trinajstić information content (AvgIpc) is 3.74. The minimum atomic E-state index is -0.549. The lowest BCUT2D eigenvalue weighted by Crippen LogP contribution is -2.41. The van der Waals surface area contributed by atoms with Crippen molar-refractivity contribution in [2.45, 2.75) is 38.0 Å². The second-order valence-corrected chi connectivity index (χ2v) is 11.2. The Labute approximate surface area is 262 Å². The Morgan fingerprint density at radius 1 is 0.956 bits per heavy atom. The molecule has 2 aliphatic heterocycles. The topological polar surface area (TPSA) is 136 Å². The average molecular weight is 613 g/mol. The van der Waals surface area contributed by atoms with E-state index in [2.05, 4.69) is 60.1 Å². The molecule has 4 aromatic rings. The highest BCUT2D eigenvalue weighted by atomic mass is 16.5. The second kappa shape index (κ2) is 14.6. The van der Waals surface area contributed by atoms with Crippen molar-refractivity contribution in [2.24, 2.45) is 0 Å². The van der Waals surface area contributed by atoms with Crippen LogP contribution >= 0.6 is 0 Å². The van der Waals surface area contributed by atoms with Gasteiger partial charge in [0.05, 0.1) is 19.5 Å². The molecule has 0 saturated carbocycles. The fourth-order valence-corrected chi connectivity index (χ4v) is 5.89. The van der Waals surface area contributed by atoms with Gasteiger partial charge in [0.1, 0.15) is 12.3 Å². The summed E-state index contributed by atoms with van der Waals surface area (Å²) in [6.45, 7) is 7.20. The van der Waals surface area contributed by atoms with Crippen LogP contribution in [0.5, 0.6) is 0 Å². The fraction of sp³-hybridized carbons (Fsp3) is 0.424. The van der Waals surface area contributed by atoms with E-state index < -0.39 is 12.3 Å². The number of morpholine rings is 1. The zero-order valence-electron chi connectivity index (χ0n) is 25.5. The van der Waals surface area contributed by atoms with Crippen LogP contribution in [0.15, 0.2) is 67.0 Å². The zero-order chi connectivity index (χ0) is 31.0. The van der Waals surface area contributed by atoms with Crippen LogP contribution in [-0.4, -0.2) is 94.8 Å². The Bertz CT molecular complexity index is 1540. The summed E-state index contributed by atoms with van der Waals surface area (Å²) >= 11 is 0. The summed E-state index contributed by atoms with van der Waals surface area (Å²) in [5.41, 5.74) is 3.32. The van der Waals surface area contributed by atoms with Gasteiger partial charge in [-0.3, -0.25) is 19.1 Å². The Kier molecular flexibility index (Phi) is 9.93. The molecule has 45 heavy (non-hydrogen) atoms. The molecule has 2 saturated heterocycles. The number of likely N-dealkylation sites (N-methyl/N-ethyl adjacent to an activating group) is 1. The number of ether oxygens (including phenoxy) is 2. The van der Waals surface area contributed by atoms with Gasteiger partial charge in [0.15, 0.2) is 17.0 Å². The number of hydrogen-bond acceptors (Lipinski definition) is 9. The molecule has 2 fully saturated rings. The smallest absolute Gasteiger partial charge is 0.289 e. The molecule has 12 heteroatoms. The Morgan fingerprint density at radius 3 is 2.36 bits per heavy atom. The Hall–Kier alpha value is -4.39. The number of carbonyl (C=O) groups excluding carboxylic acids is 2. The fourth-order valence-electron chi connectivity index (χ4n) is 5.89. The predicted molar refractivity (Wildman–Crippen MR) is 170 cm³/mol. The summed E-state index contributed by atoms with van der Waals surface area (Å²) in [4.78, 5) is 42.1. The third-order valence-corrected chi connectivity index (χ3v) is 8.27. The van der Waals surface area contributed by atoms with Gasteiger partial charge in [-0.1, -0.05) is 60.7 Å². The van der Waals surface area contributed by atoms with Gasteiger partial charge >= 0.3 is 0 Å². The standard InChI is InChI=1S/C33H40N8O4/c1-2-34-32(42)26-13-14-27(45-26)41-22-37-28-29(36-21-25(23-9-5-3-6-10-23)24-11-7-4-8-12-24)38-30(39-31(28)41)33(43)35-15-16-40-17-19-44-20-18-40/h3-12,22,25-27H,2,13-21H2,1H3,(H,34,42)(H,35,43)(H,36,38,39). The van der Waals surface area contributed by atoms with Gasteiger partial charge in [-0.2, -0.15) is 0 Å². The van der Waals surface area contributed by atoms with Crippen LogP contribution in [0.2, 0.25) is 0 Å². The van der Waals surface area contributed by atoms with Crippen molar-refractivity contribution in [3.05, 3.63) is 83.9 Å². The van der Waals surface area contributed by atoms with E-state index in [-0.39, 0.29) is 23.6 Å². The highest BCUT2D eigenvalue weighted by molar-refractivity contribution is 5.94. The maximum atomic E-state index is 13.4. The molecule has 0 aliphatic carbocycles. The van der Waals surface area contributed by atoms with E-state index >= 15 is 0 Å². The maximum Gasteiger partial charge on any atom is 0.289 e. The summed E-state index contributed by atoms with van der Waals surface area (Å²) in [5.74, 6) is 0.0438. The highest BCUT2D eigenvalue weighted by Crippen LogP contribution is 2.32. The number of imidazole rings is 1. The molecule has 2 unspecified atom stereocenters. The molecular weight excluding hydrogens is 572 g/mol. The molecule has 236 valence electrons. The number of anilines is 1. The number of benzene rings is 2. The number of aromatic nitrogens is 4. The minimum Gasteiger partial charge on any atom is -0.379 e. The lowest BCUT2D eigenvalue weighted by Gasteiger charge is -2.26. The lowest BCUT2D eigenvalue weighted by atomic mass is 9.91. The number of hydrogen-bond donors (Lipinski definition) is 3. The first-order valence-corrected chi connectivity index (χ1v) is 15.7. The molecule has 2 aliphatic rings. The van der Waals surface area contributed by atoms with E-state index in [1.807, 2.05) is 43.3 Å². The molecule has 12 nitrogen and oxygen atoms in total. The minimum absolute atomic E-state index is 0.0290. The molecule has 2 amide bonds. The number of amides is 2. The molecule has 2 aromatic carbocycles. The highest BCUT2D eigenvalue weighted by Gasteiger charge is 2.33. The lowest BCUT2D eigenvalue weighted by molar-refractivity contribution is -0.133. The van der Waals surface area contributed by atoms with Crippen molar-refractivity contribution in [3.8, 4) is 0 Å². The van der Waals surface area contributed by atoms with Crippen molar-refractivity contribution in [1.82, 2.24) is 35.1 Å². The first kappa shape index (κ1) is 30.6. The molecule has 0 radical (unpaired) electrons. The van der Waals surface area contributed by atoms with Gasteiger partial charge in [-0.15, -0.1) is 0 Å². The van der Waals surface area contributed by atoms with Gasteiger partial charge in [-0.05, 0) is 30.9 Å². The SMILES string of the molecule is CCNC(=O)C1CCC(n2cnc3c(NCC(c4ccccc4)c4ccccc4)nc(C(=O)NCCN4CCOCC4)nc32)O1. The van der Waals surface area contributed by atoms with Crippen LogP contribution in [0.4, 0.5) is 5.82 Å². The van der Waals surface area contributed by atoms with Gasteiger partial charge < -0.3 is 25.4 Å². The van der Waals surface area contributed by atoms with E-state index in [1.165, 1.54) is 0 Å². The number of fused-ring (bicyclic) bond motifs is 1. The second-order valence-electron chi connectivity index (χ2n) is 11.2. The molecule has 4 heterocycles. The van der Waals surface area contributed by atoms with E-state index in [9.17, 15) is 9.59 Å². The van der Waals surface area contributed by atoms with E-state index in [4.69, 9.17) is 9.47 Å². The van der Waals surface area contributed by atoms with Gasteiger partial charge in [0.25, 0.3) is 5.91 Å².